The molecule has 0 aliphatic heterocycles. The Bertz CT molecular complexity index is 1060. The zero-order chi connectivity index (χ0) is 21.0. The van der Waals surface area contributed by atoms with Crippen LogP contribution in [0.5, 0.6) is 5.75 Å². The fourth-order valence-corrected chi connectivity index (χ4v) is 3.71. The third-order valence-corrected chi connectivity index (χ3v) is 5.49. The molecule has 29 heavy (non-hydrogen) atoms. The Morgan fingerprint density at radius 3 is 2.38 bits per heavy atom. The number of hydrogen-bond donors (Lipinski definition) is 1. The number of nitro groups is 1. The molecule has 3 aromatic rings. The molecule has 0 saturated heterocycles. The molecular formula is C22H20N2O4S. The van der Waals surface area contributed by atoms with Gasteiger partial charge in [0.25, 0.3) is 5.91 Å². The summed E-state index contributed by atoms with van der Waals surface area (Å²) in [5.74, 6) is -0.315. The van der Waals surface area contributed by atoms with Crippen LogP contribution in [0.1, 0.15) is 21.5 Å². The molecule has 0 aliphatic carbocycles. The number of ether oxygens (including phenoxy) is 1. The molecule has 0 unspecified atom stereocenters. The fourth-order valence-electron chi connectivity index (χ4n) is 2.82. The number of nitro benzene ring substituents is 1. The number of rotatable bonds is 6. The number of benzene rings is 3. The first-order valence-electron chi connectivity index (χ1n) is 8.86. The molecule has 0 bridgehead atoms. The zero-order valence-corrected chi connectivity index (χ0v) is 17.1. The quantitative estimate of drug-likeness (QED) is 0.423. The molecule has 1 amide bonds. The molecule has 0 atom stereocenters. The van der Waals surface area contributed by atoms with Gasteiger partial charge in [0.2, 0.25) is 0 Å². The summed E-state index contributed by atoms with van der Waals surface area (Å²) in [5.41, 5.74) is 2.99. The predicted octanol–water partition coefficient (Wildman–Crippen LogP) is 5.62. The van der Waals surface area contributed by atoms with Gasteiger partial charge in [-0.3, -0.25) is 14.9 Å². The van der Waals surface area contributed by atoms with Gasteiger partial charge in [-0.1, -0.05) is 29.5 Å². The van der Waals surface area contributed by atoms with Gasteiger partial charge < -0.3 is 10.1 Å². The molecule has 1 N–H and O–H groups in total. The summed E-state index contributed by atoms with van der Waals surface area (Å²) in [6.45, 7) is 4.15. The summed E-state index contributed by atoms with van der Waals surface area (Å²) in [4.78, 5) is 25.3. The maximum Gasteiger partial charge on any atom is 0.311 e. The van der Waals surface area contributed by atoms with Crippen molar-refractivity contribution in [2.45, 2.75) is 23.6 Å². The Hall–Kier alpha value is -3.32. The topological polar surface area (TPSA) is 81.5 Å². The third kappa shape index (κ3) is 4.94. The second-order valence-corrected chi connectivity index (χ2v) is 7.61. The van der Waals surface area contributed by atoms with Gasteiger partial charge in [-0.05, 0) is 61.9 Å². The van der Waals surface area contributed by atoms with Crippen molar-refractivity contribution in [2.24, 2.45) is 0 Å². The van der Waals surface area contributed by atoms with Crippen LogP contribution in [-0.2, 0) is 0 Å². The molecule has 0 radical (unpaired) electrons. The lowest BCUT2D eigenvalue weighted by Crippen LogP contribution is -2.12. The minimum atomic E-state index is -0.575. The van der Waals surface area contributed by atoms with Gasteiger partial charge in [0, 0.05) is 27.1 Å². The number of amides is 1. The maximum absolute atomic E-state index is 12.5. The minimum Gasteiger partial charge on any atom is -0.490 e. The van der Waals surface area contributed by atoms with E-state index in [0.29, 0.717) is 5.69 Å². The van der Waals surface area contributed by atoms with Crippen LogP contribution in [0.2, 0.25) is 0 Å². The second-order valence-electron chi connectivity index (χ2n) is 6.49. The van der Waals surface area contributed by atoms with Crippen molar-refractivity contribution >= 4 is 29.0 Å². The van der Waals surface area contributed by atoms with Crippen molar-refractivity contribution in [2.75, 3.05) is 12.4 Å². The van der Waals surface area contributed by atoms with E-state index in [4.69, 9.17) is 4.74 Å². The molecule has 7 heteroatoms. The molecule has 0 saturated carbocycles. The van der Waals surface area contributed by atoms with E-state index in [2.05, 4.69) is 37.4 Å². The summed E-state index contributed by atoms with van der Waals surface area (Å²) < 4.78 is 4.96. The highest BCUT2D eigenvalue weighted by Crippen LogP contribution is 2.32. The van der Waals surface area contributed by atoms with E-state index in [-0.39, 0.29) is 17.0 Å². The predicted molar refractivity (Wildman–Crippen MR) is 114 cm³/mol. The number of methoxy groups -OCH3 is 1. The first-order chi connectivity index (χ1) is 13.9. The summed E-state index contributed by atoms with van der Waals surface area (Å²) in [6, 6.07) is 17.9. The molecular weight excluding hydrogens is 388 g/mol. The lowest BCUT2D eigenvalue weighted by molar-refractivity contribution is -0.385. The van der Waals surface area contributed by atoms with E-state index in [1.54, 1.807) is 11.8 Å². The average molecular weight is 408 g/mol. The van der Waals surface area contributed by atoms with E-state index in [1.165, 1.54) is 41.3 Å². The van der Waals surface area contributed by atoms with Gasteiger partial charge in [-0.15, -0.1) is 0 Å². The fraction of sp³-hybridized carbons (Fsp3) is 0.136. The van der Waals surface area contributed by atoms with E-state index in [9.17, 15) is 14.9 Å². The van der Waals surface area contributed by atoms with Crippen molar-refractivity contribution in [3.63, 3.8) is 0 Å². The maximum atomic E-state index is 12.5. The lowest BCUT2D eigenvalue weighted by atomic mass is 10.1. The van der Waals surface area contributed by atoms with E-state index < -0.39 is 10.8 Å². The van der Waals surface area contributed by atoms with Gasteiger partial charge in [0.15, 0.2) is 5.75 Å². The lowest BCUT2D eigenvalue weighted by Gasteiger charge is -2.09. The smallest absolute Gasteiger partial charge is 0.311 e. The highest BCUT2D eigenvalue weighted by molar-refractivity contribution is 7.99. The van der Waals surface area contributed by atoms with E-state index in [0.717, 1.165) is 4.90 Å². The molecule has 0 heterocycles. The van der Waals surface area contributed by atoms with Gasteiger partial charge in [0.05, 0.1) is 12.0 Å². The summed E-state index contributed by atoms with van der Waals surface area (Å²) in [5, 5.41) is 13.9. The molecule has 3 aromatic carbocycles. The molecule has 0 fully saturated rings. The van der Waals surface area contributed by atoms with Crippen LogP contribution in [0.3, 0.4) is 0 Å². The number of aryl methyl sites for hydroxylation is 2. The minimum absolute atomic E-state index is 0.110. The molecule has 0 spiro atoms. The van der Waals surface area contributed by atoms with Gasteiger partial charge in [-0.2, -0.15) is 0 Å². The normalized spacial score (nSPS) is 10.4. The van der Waals surface area contributed by atoms with Gasteiger partial charge in [0.1, 0.15) is 0 Å². The first kappa shape index (κ1) is 20.4. The van der Waals surface area contributed by atoms with Crippen LogP contribution in [0, 0.1) is 24.0 Å². The van der Waals surface area contributed by atoms with Gasteiger partial charge >= 0.3 is 5.69 Å². The molecule has 0 aliphatic rings. The summed E-state index contributed by atoms with van der Waals surface area (Å²) in [7, 11) is 1.35. The number of carbonyl (C=O) groups is 1. The van der Waals surface area contributed by atoms with E-state index in [1.807, 2.05) is 24.3 Å². The monoisotopic (exact) mass is 408 g/mol. The van der Waals surface area contributed by atoms with Crippen LogP contribution in [-0.4, -0.2) is 17.9 Å². The Labute approximate surface area is 173 Å². The zero-order valence-electron chi connectivity index (χ0n) is 16.3. The van der Waals surface area contributed by atoms with Crippen molar-refractivity contribution in [3.8, 4) is 5.75 Å². The molecule has 148 valence electrons. The first-order valence-corrected chi connectivity index (χ1v) is 9.68. The van der Waals surface area contributed by atoms with E-state index >= 15 is 0 Å². The SMILES string of the molecule is COc1ccc(C(=O)Nc2ccc(Sc3ccc(C)cc3C)cc2)cc1[N+](=O)[O-]. The van der Waals surface area contributed by atoms with Crippen molar-refractivity contribution in [1.82, 2.24) is 0 Å². The Balaban J connectivity index is 1.71. The highest BCUT2D eigenvalue weighted by Gasteiger charge is 2.18. The van der Waals surface area contributed by atoms with Crippen LogP contribution in [0.25, 0.3) is 0 Å². The van der Waals surface area contributed by atoms with Crippen LogP contribution < -0.4 is 10.1 Å². The summed E-state index contributed by atoms with van der Waals surface area (Å²) in [6.07, 6.45) is 0. The Morgan fingerprint density at radius 1 is 1.03 bits per heavy atom. The number of anilines is 1. The van der Waals surface area contributed by atoms with Gasteiger partial charge in [-0.25, -0.2) is 0 Å². The molecule has 6 nitrogen and oxygen atoms in total. The highest BCUT2D eigenvalue weighted by atomic mass is 32.2. The van der Waals surface area contributed by atoms with Crippen LogP contribution in [0.15, 0.2) is 70.5 Å². The molecule has 3 rings (SSSR count). The number of hydrogen-bond acceptors (Lipinski definition) is 5. The van der Waals surface area contributed by atoms with Crippen LogP contribution in [0.4, 0.5) is 11.4 Å². The average Bonchev–Trinajstić information content (AvgIpc) is 2.70. The number of nitrogens with one attached hydrogen (secondary N) is 1. The Morgan fingerprint density at radius 2 is 1.76 bits per heavy atom. The molecule has 0 aromatic heterocycles. The van der Waals surface area contributed by atoms with Crippen molar-refractivity contribution in [3.05, 3.63) is 87.5 Å². The third-order valence-electron chi connectivity index (χ3n) is 4.31. The van der Waals surface area contributed by atoms with Crippen LogP contribution >= 0.6 is 11.8 Å². The standard InChI is InChI=1S/C22H20N2O4S/c1-14-4-11-21(15(2)12-14)29-18-8-6-17(7-9-18)23-22(25)16-5-10-20(28-3)19(13-16)24(26)27/h4-13H,1-3H3,(H,23,25). The summed E-state index contributed by atoms with van der Waals surface area (Å²) >= 11 is 1.65. The number of nitrogens with zero attached hydrogens (tertiary/aromatic N) is 1. The van der Waals surface area contributed by atoms with Crippen molar-refractivity contribution < 1.29 is 14.5 Å². The number of carbonyl (C=O) groups excluding carboxylic acids is 1. The van der Waals surface area contributed by atoms with Crippen molar-refractivity contribution in [1.29, 1.82) is 0 Å². The second kappa shape index (κ2) is 8.79. The largest absolute Gasteiger partial charge is 0.490 e. The Kier molecular flexibility index (Phi) is 6.19.